The Kier molecular flexibility index (Phi) is 5.81. The highest BCUT2D eigenvalue weighted by Crippen LogP contribution is 1.94. The molecule has 0 atom stereocenters. The third-order valence-electron chi connectivity index (χ3n) is 2.27. The largest absolute Gasteiger partial charge is 0.396 e. The first-order valence-electron chi connectivity index (χ1n) is 5.12. The molecule has 76 valence electrons. The van der Waals surface area contributed by atoms with Gasteiger partial charge in [0.05, 0.1) is 0 Å². The van der Waals surface area contributed by atoms with Gasteiger partial charge in [-0.05, 0) is 12.8 Å². The van der Waals surface area contributed by atoms with Gasteiger partial charge in [-0.25, -0.2) is 0 Å². The third kappa shape index (κ3) is 5.03. The molecule has 1 aliphatic rings. The van der Waals surface area contributed by atoms with Crippen LogP contribution in [0.2, 0.25) is 0 Å². The summed E-state index contributed by atoms with van der Waals surface area (Å²) in [5.41, 5.74) is 0. The number of rotatable bonds is 5. The number of nitrogens with one attached hydrogen (secondary N) is 1. The average molecular weight is 184 g/mol. The number of piperazine rings is 1. The molecule has 1 aliphatic heterocycles. The van der Waals surface area contributed by atoms with E-state index in [0.29, 0.717) is 6.61 Å². The Balaban J connectivity index is 2.00. The molecule has 1 rings (SSSR count). The van der Waals surface area contributed by atoms with Crippen molar-refractivity contribution in [2.45, 2.75) is 12.8 Å². The standard InChI is InChI=1S/C10H20N2O/c13-10-4-2-1-3-7-12-8-5-11-6-9-12/h1,3,11,13H,2,4-10H2/b3-1-. The van der Waals surface area contributed by atoms with Gasteiger partial charge in [0.1, 0.15) is 0 Å². The molecule has 0 saturated carbocycles. The zero-order valence-electron chi connectivity index (χ0n) is 8.21. The number of hydrogen-bond donors (Lipinski definition) is 2. The first-order chi connectivity index (χ1) is 6.43. The Hall–Kier alpha value is -0.380. The van der Waals surface area contributed by atoms with Crippen molar-refractivity contribution >= 4 is 0 Å². The molecule has 1 heterocycles. The van der Waals surface area contributed by atoms with E-state index in [0.717, 1.165) is 45.6 Å². The quantitative estimate of drug-likeness (QED) is 0.474. The van der Waals surface area contributed by atoms with Crippen LogP contribution in [0.25, 0.3) is 0 Å². The third-order valence-corrected chi connectivity index (χ3v) is 2.27. The molecule has 0 unspecified atom stereocenters. The summed E-state index contributed by atoms with van der Waals surface area (Å²) in [6.45, 7) is 5.91. The summed E-state index contributed by atoms with van der Waals surface area (Å²) in [5.74, 6) is 0. The number of hydrogen-bond acceptors (Lipinski definition) is 3. The molecule has 0 radical (unpaired) electrons. The van der Waals surface area contributed by atoms with Gasteiger partial charge in [0.25, 0.3) is 0 Å². The maximum atomic E-state index is 8.56. The number of unbranched alkanes of at least 4 members (excludes halogenated alkanes) is 1. The maximum Gasteiger partial charge on any atom is 0.0433 e. The van der Waals surface area contributed by atoms with Crippen molar-refractivity contribution in [2.75, 3.05) is 39.3 Å². The van der Waals surface area contributed by atoms with Crippen molar-refractivity contribution in [1.82, 2.24) is 10.2 Å². The Morgan fingerprint density at radius 2 is 2.00 bits per heavy atom. The van der Waals surface area contributed by atoms with Gasteiger partial charge in [0.15, 0.2) is 0 Å². The molecule has 0 aromatic carbocycles. The monoisotopic (exact) mass is 184 g/mol. The summed E-state index contributed by atoms with van der Waals surface area (Å²) in [6, 6.07) is 0. The molecule has 13 heavy (non-hydrogen) atoms. The molecule has 3 nitrogen and oxygen atoms in total. The number of allylic oxidation sites excluding steroid dienone is 1. The summed E-state index contributed by atoms with van der Waals surface area (Å²) >= 11 is 0. The summed E-state index contributed by atoms with van der Waals surface area (Å²) < 4.78 is 0. The van der Waals surface area contributed by atoms with Gasteiger partial charge in [-0.15, -0.1) is 0 Å². The molecule has 0 aliphatic carbocycles. The Labute approximate surface area is 80.4 Å². The van der Waals surface area contributed by atoms with Crippen LogP contribution < -0.4 is 5.32 Å². The number of aliphatic hydroxyl groups is 1. The highest BCUT2D eigenvalue weighted by Gasteiger charge is 2.05. The second-order valence-electron chi connectivity index (χ2n) is 3.39. The predicted molar refractivity (Wildman–Crippen MR) is 54.8 cm³/mol. The zero-order valence-corrected chi connectivity index (χ0v) is 8.21. The van der Waals surface area contributed by atoms with Crippen LogP contribution in [0.3, 0.4) is 0 Å². The number of aliphatic hydroxyl groups excluding tert-OH is 1. The van der Waals surface area contributed by atoms with Gasteiger partial charge in [0.2, 0.25) is 0 Å². The molecule has 1 fully saturated rings. The summed E-state index contributed by atoms with van der Waals surface area (Å²) in [4.78, 5) is 2.44. The predicted octanol–water partition coefficient (Wildman–Crippen LogP) is 0.220. The second kappa shape index (κ2) is 7.06. The molecule has 0 aromatic heterocycles. The fourth-order valence-corrected chi connectivity index (χ4v) is 1.44. The molecule has 2 N–H and O–H groups in total. The lowest BCUT2D eigenvalue weighted by atomic mass is 10.3. The van der Waals surface area contributed by atoms with Crippen LogP contribution in [-0.4, -0.2) is 49.3 Å². The van der Waals surface area contributed by atoms with Crippen LogP contribution in [-0.2, 0) is 0 Å². The topological polar surface area (TPSA) is 35.5 Å². The molecular weight excluding hydrogens is 164 g/mol. The highest BCUT2D eigenvalue weighted by atomic mass is 16.2. The molecule has 0 bridgehead atoms. The molecule has 0 aromatic rings. The van der Waals surface area contributed by atoms with E-state index in [1.807, 2.05) is 0 Å². The summed E-state index contributed by atoms with van der Waals surface area (Å²) in [6.07, 6.45) is 6.26. The first-order valence-corrected chi connectivity index (χ1v) is 5.12. The van der Waals surface area contributed by atoms with Crippen molar-refractivity contribution in [1.29, 1.82) is 0 Å². The lowest BCUT2D eigenvalue weighted by molar-refractivity contribution is 0.264. The van der Waals surface area contributed by atoms with Gasteiger partial charge < -0.3 is 10.4 Å². The molecule has 1 saturated heterocycles. The van der Waals surface area contributed by atoms with Crippen LogP contribution in [0.4, 0.5) is 0 Å². The molecular formula is C10H20N2O. The Bertz CT molecular complexity index is 142. The van der Waals surface area contributed by atoms with E-state index in [-0.39, 0.29) is 0 Å². The normalized spacial score (nSPS) is 19.8. The van der Waals surface area contributed by atoms with Gasteiger partial charge in [-0.2, -0.15) is 0 Å². The van der Waals surface area contributed by atoms with Crippen LogP contribution in [0, 0.1) is 0 Å². The second-order valence-corrected chi connectivity index (χ2v) is 3.39. The van der Waals surface area contributed by atoms with Crippen LogP contribution in [0.5, 0.6) is 0 Å². The van der Waals surface area contributed by atoms with Crippen molar-refractivity contribution in [3.05, 3.63) is 12.2 Å². The lowest BCUT2D eigenvalue weighted by Gasteiger charge is -2.25. The minimum atomic E-state index is 0.304. The van der Waals surface area contributed by atoms with E-state index in [4.69, 9.17) is 5.11 Å². The zero-order chi connectivity index (χ0) is 9.36. The fraction of sp³-hybridized carbons (Fsp3) is 0.800. The van der Waals surface area contributed by atoms with Gasteiger partial charge in [-0.3, -0.25) is 4.90 Å². The van der Waals surface area contributed by atoms with Crippen LogP contribution in [0.15, 0.2) is 12.2 Å². The van der Waals surface area contributed by atoms with Crippen LogP contribution in [0.1, 0.15) is 12.8 Å². The van der Waals surface area contributed by atoms with Crippen molar-refractivity contribution in [3.8, 4) is 0 Å². The SMILES string of the molecule is OCCC/C=C\CN1CCNCC1. The molecule has 0 spiro atoms. The van der Waals surface area contributed by atoms with Gasteiger partial charge >= 0.3 is 0 Å². The highest BCUT2D eigenvalue weighted by molar-refractivity contribution is 4.85. The van der Waals surface area contributed by atoms with Crippen LogP contribution >= 0.6 is 0 Å². The van der Waals surface area contributed by atoms with Gasteiger partial charge in [-0.1, -0.05) is 12.2 Å². The Morgan fingerprint density at radius 3 is 2.69 bits per heavy atom. The maximum absolute atomic E-state index is 8.56. The van der Waals surface area contributed by atoms with Crippen molar-refractivity contribution < 1.29 is 5.11 Å². The minimum Gasteiger partial charge on any atom is -0.396 e. The van der Waals surface area contributed by atoms with Crippen molar-refractivity contribution in [2.24, 2.45) is 0 Å². The van der Waals surface area contributed by atoms with E-state index in [9.17, 15) is 0 Å². The molecule has 0 amide bonds. The van der Waals surface area contributed by atoms with Gasteiger partial charge in [0, 0.05) is 39.3 Å². The first kappa shape index (κ1) is 10.7. The summed E-state index contributed by atoms with van der Waals surface area (Å²) in [5, 5.41) is 11.9. The average Bonchev–Trinajstić information content (AvgIpc) is 2.19. The van der Waals surface area contributed by atoms with E-state index in [1.54, 1.807) is 0 Å². The van der Waals surface area contributed by atoms with E-state index in [2.05, 4.69) is 22.4 Å². The summed E-state index contributed by atoms with van der Waals surface area (Å²) in [7, 11) is 0. The van der Waals surface area contributed by atoms with E-state index < -0.39 is 0 Å². The van der Waals surface area contributed by atoms with E-state index >= 15 is 0 Å². The smallest absolute Gasteiger partial charge is 0.0433 e. The van der Waals surface area contributed by atoms with E-state index in [1.165, 1.54) is 0 Å². The Morgan fingerprint density at radius 1 is 1.23 bits per heavy atom. The minimum absolute atomic E-state index is 0.304. The van der Waals surface area contributed by atoms with Crippen molar-refractivity contribution in [3.63, 3.8) is 0 Å². The molecule has 3 heteroatoms. The number of nitrogens with zero attached hydrogens (tertiary/aromatic N) is 1. The fourth-order valence-electron chi connectivity index (χ4n) is 1.44. The lowest BCUT2D eigenvalue weighted by Crippen LogP contribution is -2.43.